The predicted octanol–water partition coefficient (Wildman–Crippen LogP) is 3.87. The van der Waals surface area contributed by atoms with Crippen molar-refractivity contribution in [2.75, 3.05) is 31.7 Å². The van der Waals surface area contributed by atoms with Gasteiger partial charge in [0.05, 0.1) is 23.9 Å². The Hall–Kier alpha value is -3.77. The Balaban J connectivity index is 1.38. The molecule has 0 aliphatic carbocycles. The minimum Gasteiger partial charge on any atom is -0.490 e. The first kappa shape index (κ1) is 20.5. The Bertz CT molecular complexity index is 1140. The Morgan fingerprint density at radius 2 is 2.00 bits per heavy atom. The second-order valence-corrected chi connectivity index (χ2v) is 7.30. The van der Waals surface area contributed by atoms with E-state index in [1.54, 1.807) is 18.2 Å². The molecule has 0 saturated heterocycles. The summed E-state index contributed by atoms with van der Waals surface area (Å²) in [4.78, 5) is 16.8. The third-order valence-electron chi connectivity index (χ3n) is 4.32. The summed E-state index contributed by atoms with van der Waals surface area (Å²) in [5, 5.41) is 14.1. The van der Waals surface area contributed by atoms with Crippen molar-refractivity contribution in [2.45, 2.75) is 6.92 Å². The van der Waals surface area contributed by atoms with Gasteiger partial charge in [-0.2, -0.15) is 5.26 Å². The van der Waals surface area contributed by atoms with E-state index in [2.05, 4.69) is 10.3 Å². The van der Waals surface area contributed by atoms with E-state index in [0.29, 0.717) is 53.5 Å². The Morgan fingerprint density at radius 1 is 1.16 bits per heavy atom. The van der Waals surface area contributed by atoms with Gasteiger partial charge < -0.3 is 18.9 Å². The van der Waals surface area contributed by atoms with Crippen LogP contribution in [0.4, 0.5) is 5.13 Å². The topological polar surface area (TPSA) is 103 Å². The number of carbonyl (C=O) groups excluding carboxylic acids is 1. The average Bonchev–Trinajstić information content (AvgIpc) is 3.26. The van der Waals surface area contributed by atoms with Gasteiger partial charge >= 0.3 is 0 Å². The molecular formula is C22H19N3O5S. The third-order valence-corrected chi connectivity index (χ3v) is 5.08. The predicted molar refractivity (Wildman–Crippen MR) is 115 cm³/mol. The van der Waals surface area contributed by atoms with Gasteiger partial charge in [0.1, 0.15) is 13.2 Å². The maximum Gasteiger partial charge on any atom is 0.264 e. The Labute approximate surface area is 183 Å². The normalized spacial score (nSPS) is 12.0. The monoisotopic (exact) mass is 437 g/mol. The number of aromatic nitrogens is 1. The van der Waals surface area contributed by atoms with Crippen molar-refractivity contribution < 1.29 is 23.7 Å². The molecule has 158 valence electrons. The number of nitriles is 1. The lowest BCUT2D eigenvalue weighted by atomic mass is 10.1. The van der Waals surface area contributed by atoms with Gasteiger partial charge in [0, 0.05) is 17.0 Å². The Morgan fingerprint density at radius 3 is 2.81 bits per heavy atom. The fraction of sp³-hybridized carbons (Fsp3) is 0.227. The van der Waals surface area contributed by atoms with Gasteiger partial charge in [-0.1, -0.05) is 0 Å². The molecule has 8 nitrogen and oxygen atoms in total. The van der Waals surface area contributed by atoms with Gasteiger partial charge in [-0.15, -0.1) is 11.3 Å². The van der Waals surface area contributed by atoms with Crippen molar-refractivity contribution in [3.8, 4) is 40.3 Å². The number of benzene rings is 2. The summed E-state index contributed by atoms with van der Waals surface area (Å²) in [5.74, 6) is 1.86. The van der Waals surface area contributed by atoms with Crippen LogP contribution in [0.1, 0.15) is 12.5 Å². The lowest BCUT2D eigenvalue weighted by Gasteiger charge is -2.18. The molecule has 4 rings (SSSR count). The van der Waals surface area contributed by atoms with Crippen molar-refractivity contribution >= 4 is 22.4 Å². The number of hydrogen-bond donors (Lipinski definition) is 1. The fourth-order valence-electron chi connectivity index (χ4n) is 2.93. The summed E-state index contributed by atoms with van der Waals surface area (Å²) in [7, 11) is 0. The van der Waals surface area contributed by atoms with Gasteiger partial charge in [-0.25, -0.2) is 4.98 Å². The van der Waals surface area contributed by atoms with Gasteiger partial charge in [0.15, 0.2) is 34.7 Å². The molecule has 0 atom stereocenters. The van der Waals surface area contributed by atoms with Gasteiger partial charge in [-0.05, 0) is 37.3 Å². The first-order chi connectivity index (χ1) is 15.2. The SMILES string of the molecule is CCOc1cc(C#N)ccc1OCC(=O)Nc1nc(-c2ccc3c(c2)OCCO3)cs1. The highest BCUT2D eigenvalue weighted by Gasteiger charge is 2.15. The van der Waals surface area contributed by atoms with Crippen LogP contribution in [0.15, 0.2) is 41.8 Å². The van der Waals surface area contributed by atoms with Crippen molar-refractivity contribution in [3.63, 3.8) is 0 Å². The highest BCUT2D eigenvalue weighted by atomic mass is 32.1. The van der Waals surface area contributed by atoms with E-state index < -0.39 is 0 Å². The van der Waals surface area contributed by atoms with Crippen LogP contribution in [-0.2, 0) is 4.79 Å². The number of hydrogen-bond acceptors (Lipinski definition) is 8. The summed E-state index contributed by atoms with van der Waals surface area (Å²) in [6, 6.07) is 12.5. The molecule has 0 saturated carbocycles. The smallest absolute Gasteiger partial charge is 0.264 e. The molecule has 31 heavy (non-hydrogen) atoms. The number of ether oxygens (including phenoxy) is 4. The largest absolute Gasteiger partial charge is 0.490 e. The van der Waals surface area contributed by atoms with Crippen LogP contribution in [0.3, 0.4) is 0 Å². The molecular weight excluding hydrogens is 418 g/mol. The average molecular weight is 437 g/mol. The number of thiazole rings is 1. The lowest BCUT2D eigenvalue weighted by molar-refractivity contribution is -0.118. The van der Waals surface area contributed by atoms with Crippen LogP contribution in [0, 0.1) is 11.3 Å². The van der Waals surface area contributed by atoms with E-state index in [1.807, 2.05) is 36.6 Å². The van der Waals surface area contributed by atoms with Crippen molar-refractivity contribution in [3.05, 3.63) is 47.3 Å². The standard InChI is InChI=1S/C22H19N3O5S/c1-2-27-19-9-14(11-23)3-5-18(19)30-12-21(26)25-22-24-16(13-31-22)15-4-6-17-20(10-15)29-8-7-28-17/h3-6,9-10,13H,2,7-8,12H2,1H3,(H,24,25,26). The first-order valence-corrected chi connectivity index (χ1v) is 10.5. The van der Waals surface area contributed by atoms with Crippen LogP contribution in [-0.4, -0.2) is 37.3 Å². The van der Waals surface area contributed by atoms with E-state index >= 15 is 0 Å². The molecule has 0 spiro atoms. The molecule has 1 aliphatic heterocycles. The third kappa shape index (κ3) is 4.87. The Kier molecular flexibility index (Phi) is 6.19. The highest BCUT2D eigenvalue weighted by molar-refractivity contribution is 7.14. The second-order valence-electron chi connectivity index (χ2n) is 6.44. The molecule has 3 aromatic rings. The zero-order chi connectivity index (χ0) is 21.6. The molecule has 2 heterocycles. The summed E-state index contributed by atoms with van der Waals surface area (Å²) in [6.07, 6.45) is 0. The molecule has 0 bridgehead atoms. The number of nitrogens with zero attached hydrogens (tertiary/aromatic N) is 2. The number of nitrogens with one attached hydrogen (secondary N) is 1. The second kappa shape index (κ2) is 9.36. The minimum atomic E-state index is -0.352. The van der Waals surface area contributed by atoms with E-state index in [4.69, 9.17) is 24.2 Å². The molecule has 1 aliphatic rings. The van der Waals surface area contributed by atoms with Crippen LogP contribution < -0.4 is 24.3 Å². The minimum absolute atomic E-state index is 0.217. The van der Waals surface area contributed by atoms with Gasteiger partial charge in [0.2, 0.25) is 0 Å². The quantitative estimate of drug-likeness (QED) is 0.598. The number of anilines is 1. The van der Waals surface area contributed by atoms with Crippen molar-refractivity contribution in [1.29, 1.82) is 5.26 Å². The van der Waals surface area contributed by atoms with Crippen molar-refractivity contribution in [2.24, 2.45) is 0 Å². The fourth-order valence-corrected chi connectivity index (χ4v) is 3.67. The molecule has 0 fully saturated rings. The summed E-state index contributed by atoms with van der Waals surface area (Å²) in [6.45, 7) is 3.08. The molecule has 9 heteroatoms. The van der Waals surface area contributed by atoms with Crippen LogP contribution in [0.5, 0.6) is 23.0 Å². The van der Waals surface area contributed by atoms with E-state index in [-0.39, 0.29) is 12.5 Å². The molecule has 0 unspecified atom stereocenters. The number of fused-ring (bicyclic) bond motifs is 1. The number of amides is 1. The van der Waals surface area contributed by atoms with Crippen LogP contribution >= 0.6 is 11.3 Å². The maximum atomic E-state index is 12.3. The molecule has 1 N–H and O–H groups in total. The number of carbonyl (C=O) groups is 1. The lowest BCUT2D eigenvalue weighted by Crippen LogP contribution is -2.20. The molecule has 2 aromatic carbocycles. The van der Waals surface area contributed by atoms with Gasteiger partial charge in [0.25, 0.3) is 5.91 Å². The molecule has 0 radical (unpaired) electrons. The van der Waals surface area contributed by atoms with Crippen LogP contribution in [0.25, 0.3) is 11.3 Å². The first-order valence-electron chi connectivity index (χ1n) is 9.61. The van der Waals surface area contributed by atoms with Crippen molar-refractivity contribution in [1.82, 2.24) is 4.98 Å². The van der Waals surface area contributed by atoms with E-state index in [9.17, 15) is 4.79 Å². The molecule has 1 amide bonds. The molecule has 1 aromatic heterocycles. The highest BCUT2D eigenvalue weighted by Crippen LogP contribution is 2.35. The van der Waals surface area contributed by atoms with E-state index in [1.165, 1.54) is 11.3 Å². The summed E-state index contributed by atoms with van der Waals surface area (Å²) in [5.41, 5.74) is 2.05. The summed E-state index contributed by atoms with van der Waals surface area (Å²) >= 11 is 1.32. The van der Waals surface area contributed by atoms with E-state index in [0.717, 1.165) is 11.3 Å². The maximum absolute atomic E-state index is 12.3. The number of rotatable bonds is 7. The summed E-state index contributed by atoms with van der Waals surface area (Å²) < 4.78 is 22.2. The van der Waals surface area contributed by atoms with Gasteiger partial charge in [-0.3, -0.25) is 10.1 Å². The zero-order valence-corrected chi connectivity index (χ0v) is 17.5. The zero-order valence-electron chi connectivity index (χ0n) is 16.7. The van der Waals surface area contributed by atoms with Crippen LogP contribution in [0.2, 0.25) is 0 Å².